The first-order chi connectivity index (χ1) is 9.22. The molecule has 0 atom stereocenters. The van der Waals surface area contributed by atoms with Crippen LogP contribution in [0, 0.1) is 0 Å². The van der Waals surface area contributed by atoms with Crippen molar-refractivity contribution in [2.45, 2.75) is 6.42 Å². The maximum Gasteiger partial charge on any atom is 0.238 e. The molecule has 3 aromatic rings. The van der Waals surface area contributed by atoms with E-state index in [1.165, 1.54) is 0 Å². The van der Waals surface area contributed by atoms with Gasteiger partial charge in [0.25, 0.3) is 0 Å². The third kappa shape index (κ3) is 2.33. The van der Waals surface area contributed by atoms with Crippen LogP contribution >= 0.6 is 0 Å². The number of aromatic hydroxyl groups is 1. The fourth-order valence-electron chi connectivity index (χ4n) is 1.84. The van der Waals surface area contributed by atoms with Crippen molar-refractivity contribution >= 4 is 0 Å². The molecule has 6 heteroatoms. The molecule has 0 bridgehead atoms. The zero-order valence-electron chi connectivity index (χ0n) is 10.3. The van der Waals surface area contributed by atoms with E-state index in [2.05, 4.69) is 15.1 Å². The lowest BCUT2D eigenvalue weighted by Crippen LogP contribution is -1.93. The third-order valence-corrected chi connectivity index (χ3v) is 2.76. The van der Waals surface area contributed by atoms with E-state index in [0.29, 0.717) is 24.0 Å². The van der Waals surface area contributed by atoms with Gasteiger partial charge in [-0.15, -0.1) is 0 Å². The summed E-state index contributed by atoms with van der Waals surface area (Å²) in [5.41, 5.74) is 0.912. The van der Waals surface area contributed by atoms with Crippen LogP contribution < -0.4 is 0 Å². The molecule has 0 spiro atoms. The van der Waals surface area contributed by atoms with Crippen LogP contribution in [0.5, 0.6) is 5.75 Å². The number of phenolic OH excluding ortho intramolecular Hbond substituents is 1. The fraction of sp³-hybridized carbons (Fsp3) is 0.154. The summed E-state index contributed by atoms with van der Waals surface area (Å²) in [6.45, 7) is 0. The van der Waals surface area contributed by atoms with Gasteiger partial charge in [-0.25, -0.2) is 4.98 Å². The van der Waals surface area contributed by atoms with Gasteiger partial charge in [0.15, 0.2) is 5.82 Å². The maximum absolute atomic E-state index is 9.40. The molecule has 0 aliphatic rings. The average Bonchev–Trinajstić information content (AvgIpc) is 2.98. The summed E-state index contributed by atoms with van der Waals surface area (Å²) in [5.74, 6) is 1.83. The van der Waals surface area contributed by atoms with Crippen LogP contribution in [-0.4, -0.2) is 24.8 Å². The van der Waals surface area contributed by atoms with Crippen LogP contribution in [0.2, 0.25) is 0 Å². The predicted molar refractivity (Wildman–Crippen MR) is 67.4 cm³/mol. The number of rotatable bonds is 3. The molecule has 2 heterocycles. The van der Waals surface area contributed by atoms with E-state index in [9.17, 15) is 5.11 Å². The standard InChI is InChI=1S/C13H12N4O2/c1-17-6-5-14-13(17)12-15-11(19-16-12)8-9-3-2-4-10(18)7-9/h2-7,18H,8H2,1H3. The summed E-state index contributed by atoms with van der Waals surface area (Å²) in [6.07, 6.45) is 3.98. The van der Waals surface area contributed by atoms with Crippen molar-refractivity contribution < 1.29 is 9.63 Å². The maximum atomic E-state index is 9.40. The number of imidazole rings is 1. The van der Waals surface area contributed by atoms with E-state index < -0.39 is 0 Å². The molecular weight excluding hydrogens is 244 g/mol. The van der Waals surface area contributed by atoms with Crippen molar-refractivity contribution in [3.05, 3.63) is 48.1 Å². The molecule has 1 aromatic carbocycles. The van der Waals surface area contributed by atoms with Crippen LogP contribution in [0.4, 0.5) is 0 Å². The second-order valence-corrected chi connectivity index (χ2v) is 4.22. The van der Waals surface area contributed by atoms with E-state index >= 15 is 0 Å². The minimum atomic E-state index is 0.223. The van der Waals surface area contributed by atoms with Crippen molar-refractivity contribution in [3.63, 3.8) is 0 Å². The fourth-order valence-corrected chi connectivity index (χ4v) is 1.84. The highest BCUT2D eigenvalue weighted by atomic mass is 16.5. The highest BCUT2D eigenvalue weighted by Crippen LogP contribution is 2.17. The molecule has 0 aliphatic heterocycles. The second-order valence-electron chi connectivity index (χ2n) is 4.22. The summed E-state index contributed by atoms with van der Waals surface area (Å²) in [6, 6.07) is 6.96. The van der Waals surface area contributed by atoms with Crippen LogP contribution in [0.1, 0.15) is 11.5 Å². The Balaban J connectivity index is 1.84. The number of aryl methyl sites for hydroxylation is 1. The topological polar surface area (TPSA) is 77.0 Å². The first-order valence-corrected chi connectivity index (χ1v) is 5.80. The monoisotopic (exact) mass is 256 g/mol. The first-order valence-electron chi connectivity index (χ1n) is 5.80. The van der Waals surface area contributed by atoms with Crippen LogP contribution in [0.25, 0.3) is 11.6 Å². The van der Waals surface area contributed by atoms with Gasteiger partial charge in [-0.1, -0.05) is 17.3 Å². The molecular formula is C13H12N4O2. The lowest BCUT2D eigenvalue weighted by molar-refractivity contribution is 0.385. The van der Waals surface area contributed by atoms with E-state index in [1.807, 2.05) is 23.9 Å². The Labute approximate surface area is 109 Å². The van der Waals surface area contributed by atoms with Crippen molar-refractivity contribution in [1.82, 2.24) is 19.7 Å². The predicted octanol–water partition coefficient (Wildman–Crippen LogP) is 1.77. The van der Waals surface area contributed by atoms with Gasteiger partial charge in [0.1, 0.15) is 5.75 Å². The minimum Gasteiger partial charge on any atom is -0.508 e. The SMILES string of the molecule is Cn1ccnc1-c1noc(Cc2cccc(O)c2)n1. The molecule has 19 heavy (non-hydrogen) atoms. The number of phenols is 1. The zero-order chi connectivity index (χ0) is 13.2. The molecule has 0 amide bonds. The molecule has 96 valence electrons. The van der Waals surface area contributed by atoms with E-state index in [1.54, 1.807) is 24.4 Å². The third-order valence-electron chi connectivity index (χ3n) is 2.76. The molecule has 0 saturated heterocycles. The number of aromatic nitrogens is 4. The number of benzene rings is 1. The van der Waals surface area contributed by atoms with E-state index in [4.69, 9.17) is 4.52 Å². The Bertz CT molecular complexity index is 702. The lowest BCUT2D eigenvalue weighted by Gasteiger charge is -1.97. The van der Waals surface area contributed by atoms with Gasteiger partial charge < -0.3 is 14.2 Å². The van der Waals surface area contributed by atoms with Gasteiger partial charge in [-0.05, 0) is 17.7 Å². The van der Waals surface area contributed by atoms with Gasteiger partial charge in [0.2, 0.25) is 11.7 Å². The Morgan fingerprint density at radius 3 is 3.00 bits per heavy atom. The van der Waals surface area contributed by atoms with Crippen molar-refractivity contribution in [3.8, 4) is 17.4 Å². The second kappa shape index (κ2) is 4.56. The Kier molecular flexibility index (Phi) is 2.75. The molecule has 1 N–H and O–H groups in total. The average molecular weight is 256 g/mol. The van der Waals surface area contributed by atoms with Gasteiger partial charge in [-0.2, -0.15) is 4.98 Å². The van der Waals surface area contributed by atoms with E-state index in [0.717, 1.165) is 5.56 Å². The number of hydrogen-bond donors (Lipinski definition) is 1. The smallest absolute Gasteiger partial charge is 0.238 e. The zero-order valence-corrected chi connectivity index (χ0v) is 10.3. The number of nitrogens with zero attached hydrogens (tertiary/aromatic N) is 4. The van der Waals surface area contributed by atoms with Crippen molar-refractivity contribution in [2.24, 2.45) is 7.05 Å². The highest BCUT2D eigenvalue weighted by Gasteiger charge is 2.12. The molecule has 0 unspecified atom stereocenters. The minimum absolute atomic E-state index is 0.223. The van der Waals surface area contributed by atoms with Gasteiger partial charge in [0, 0.05) is 19.4 Å². The molecule has 3 rings (SSSR count). The van der Waals surface area contributed by atoms with E-state index in [-0.39, 0.29) is 5.75 Å². The van der Waals surface area contributed by atoms with Crippen LogP contribution in [0.15, 0.2) is 41.2 Å². The Morgan fingerprint density at radius 1 is 1.37 bits per heavy atom. The Hall–Kier alpha value is -2.63. The largest absolute Gasteiger partial charge is 0.508 e. The van der Waals surface area contributed by atoms with Crippen LogP contribution in [-0.2, 0) is 13.5 Å². The van der Waals surface area contributed by atoms with Crippen molar-refractivity contribution in [1.29, 1.82) is 0 Å². The summed E-state index contributed by atoms with van der Waals surface area (Å²) >= 11 is 0. The van der Waals surface area contributed by atoms with Crippen LogP contribution in [0.3, 0.4) is 0 Å². The highest BCUT2D eigenvalue weighted by molar-refractivity contribution is 5.42. The van der Waals surface area contributed by atoms with Crippen molar-refractivity contribution in [2.75, 3.05) is 0 Å². The molecule has 2 aromatic heterocycles. The summed E-state index contributed by atoms with van der Waals surface area (Å²) in [7, 11) is 1.87. The Morgan fingerprint density at radius 2 is 2.26 bits per heavy atom. The molecule has 0 radical (unpaired) electrons. The van der Waals surface area contributed by atoms with Gasteiger partial charge >= 0.3 is 0 Å². The summed E-state index contributed by atoms with van der Waals surface area (Å²) < 4.78 is 7.01. The normalized spacial score (nSPS) is 10.8. The summed E-state index contributed by atoms with van der Waals surface area (Å²) in [5, 5.41) is 13.3. The molecule has 6 nitrogen and oxygen atoms in total. The van der Waals surface area contributed by atoms with Gasteiger partial charge in [0.05, 0.1) is 6.42 Å². The summed E-state index contributed by atoms with van der Waals surface area (Å²) in [4.78, 5) is 8.45. The molecule has 0 saturated carbocycles. The molecule has 0 aliphatic carbocycles. The molecule has 0 fully saturated rings. The first kappa shape index (κ1) is 11.5. The number of hydrogen-bond acceptors (Lipinski definition) is 5. The lowest BCUT2D eigenvalue weighted by atomic mass is 10.1. The van der Waals surface area contributed by atoms with Gasteiger partial charge in [-0.3, -0.25) is 0 Å². The quantitative estimate of drug-likeness (QED) is 0.772.